The molecule has 1 heterocycles. The molecule has 0 aromatic carbocycles. The molecule has 3 heteroatoms. The van der Waals surface area contributed by atoms with E-state index >= 15 is 0 Å². The van der Waals surface area contributed by atoms with Gasteiger partial charge in [0.15, 0.2) is 0 Å². The van der Waals surface area contributed by atoms with Crippen molar-refractivity contribution in [2.24, 2.45) is 0 Å². The summed E-state index contributed by atoms with van der Waals surface area (Å²) in [6.07, 6.45) is 23.0. The Balaban J connectivity index is 1.87. The Labute approximate surface area is 163 Å². The van der Waals surface area contributed by atoms with Crippen molar-refractivity contribution in [1.29, 1.82) is 0 Å². The van der Waals surface area contributed by atoms with Crippen molar-refractivity contribution >= 4 is 12.4 Å². The standard InChI is InChI=1S/C23H43N2P/c1-24-18-19-25(2)23(24)26(20-12-6-3-7-13-20,21-14-8-4-9-15-21)22-16-10-5-11-17-22/h20-22H,3-19H2,1-2H3. The fourth-order valence-corrected chi connectivity index (χ4v) is 15.1. The van der Waals surface area contributed by atoms with Gasteiger partial charge in [-0.3, -0.25) is 9.80 Å². The summed E-state index contributed by atoms with van der Waals surface area (Å²) in [6.45, 7) is 1.44. The maximum absolute atomic E-state index is 2.76. The SMILES string of the molecule is CN1CCN(C)C1=P(C1CCCCC1)(C1CCCCC1)C1CCCCC1. The summed E-state index contributed by atoms with van der Waals surface area (Å²) in [5.74, 6) is 0. The van der Waals surface area contributed by atoms with Gasteiger partial charge in [-0.1, -0.05) is 64.7 Å². The summed E-state index contributed by atoms with van der Waals surface area (Å²) in [7, 11) is 4.89. The van der Waals surface area contributed by atoms with Crippen molar-refractivity contribution in [1.82, 2.24) is 9.80 Å². The summed E-state index contributed by atoms with van der Waals surface area (Å²) in [6, 6.07) is 0. The minimum atomic E-state index is -1.11. The van der Waals surface area contributed by atoms with E-state index in [1.165, 1.54) is 70.9 Å². The third-order valence-corrected chi connectivity index (χ3v) is 14.9. The van der Waals surface area contributed by atoms with Gasteiger partial charge >= 0.3 is 0 Å². The largest absolute Gasteiger partial charge is 0.267 e. The summed E-state index contributed by atoms with van der Waals surface area (Å²) in [5.41, 5.74) is 5.12. The molecule has 4 fully saturated rings. The average Bonchev–Trinajstić information content (AvgIpc) is 3.04. The fraction of sp³-hybridized carbons (Fsp3) is 0.957. The van der Waals surface area contributed by atoms with Crippen LogP contribution >= 0.6 is 6.89 Å². The van der Waals surface area contributed by atoms with E-state index in [-0.39, 0.29) is 0 Å². The number of rotatable bonds is 3. The van der Waals surface area contributed by atoms with E-state index in [0.717, 1.165) is 17.0 Å². The van der Waals surface area contributed by atoms with Gasteiger partial charge in [0.2, 0.25) is 0 Å². The average molecular weight is 379 g/mol. The van der Waals surface area contributed by atoms with Gasteiger partial charge in [-0.25, -0.2) is 0 Å². The fourth-order valence-electron chi connectivity index (χ4n) is 7.29. The van der Waals surface area contributed by atoms with Crippen molar-refractivity contribution in [3.63, 3.8) is 0 Å². The zero-order valence-electron chi connectivity index (χ0n) is 17.6. The Bertz CT molecular complexity index is 446. The van der Waals surface area contributed by atoms with Gasteiger partial charge in [0, 0.05) is 13.1 Å². The van der Waals surface area contributed by atoms with E-state index in [4.69, 9.17) is 0 Å². The third-order valence-electron chi connectivity index (χ3n) is 8.34. The van der Waals surface area contributed by atoms with Crippen LogP contribution in [0, 0.1) is 0 Å². The lowest BCUT2D eigenvalue weighted by Crippen LogP contribution is -2.41. The van der Waals surface area contributed by atoms with Crippen LogP contribution in [0.1, 0.15) is 96.3 Å². The lowest BCUT2D eigenvalue weighted by Gasteiger charge is -2.52. The number of hydrogen-bond acceptors (Lipinski definition) is 0. The predicted octanol–water partition coefficient (Wildman–Crippen LogP) is 5.97. The summed E-state index contributed by atoms with van der Waals surface area (Å²) < 4.78 is 0. The van der Waals surface area contributed by atoms with Crippen molar-refractivity contribution < 1.29 is 0 Å². The van der Waals surface area contributed by atoms with Crippen molar-refractivity contribution in [2.75, 3.05) is 27.2 Å². The molecule has 0 bridgehead atoms. The first-order chi connectivity index (χ1) is 12.7. The smallest absolute Gasteiger partial charge is 0.0589 e. The number of nitrogens with zero attached hydrogens (tertiary/aromatic N) is 2. The molecule has 3 saturated carbocycles. The molecular formula is C23H43N2P. The van der Waals surface area contributed by atoms with E-state index in [1.54, 1.807) is 38.5 Å². The van der Waals surface area contributed by atoms with Crippen LogP contribution in [0.4, 0.5) is 0 Å². The van der Waals surface area contributed by atoms with Crippen LogP contribution in [-0.2, 0) is 0 Å². The van der Waals surface area contributed by atoms with Crippen LogP contribution in [-0.4, -0.2) is 59.5 Å². The third kappa shape index (κ3) is 3.48. The quantitative estimate of drug-likeness (QED) is 0.559. The second kappa shape index (κ2) is 8.71. The van der Waals surface area contributed by atoms with Crippen LogP contribution < -0.4 is 0 Å². The van der Waals surface area contributed by atoms with Crippen molar-refractivity contribution in [3.8, 4) is 0 Å². The Hall–Kier alpha value is 0.220. The Morgan fingerprint density at radius 3 is 1.15 bits per heavy atom. The first kappa shape index (κ1) is 19.5. The second-order valence-electron chi connectivity index (χ2n) is 9.85. The second-order valence-corrected chi connectivity index (χ2v) is 14.1. The van der Waals surface area contributed by atoms with Crippen molar-refractivity contribution in [3.05, 3.63) is 0 Å². The molecule has 0 spiro atoms. The molecule has 3 aliphatic carbocycles. The minimum absolute atomic E-state index is 1.07. The van der Waals surface area contributed by atoms with Gasteiger partial charge in [-0.2, -0.15) is 0 Å². The molecule has 0 atom stereocenters. The van der Waals surface area contributed by atoms with Gasteiger partial charge < -0.3 is 0 Å². The highest BCUT2D eigenvalue weighted by atomic mass is 31.2. The number of likely N-dealkylation sites (N-methyl/N-ethyl adjacent to an activating group) is 2. The van der Waals surface area contributed by atoms with Crippen LogP contribution in [0.25, 0.3) is 0 Å². The monoisotopic (exact) mass is 378 g/mol. The molecule has 4 rings (SSSR count). The van der Waals surface area contributed by atoms with Gasteiger partial charge in [0.05, 0.1) is 5.54 Å². The van der Waals surface area contributed by atoms with Gasteiger partial charge in [-0.05, 0) is 69.6 Å². The molecule has 0 aromatic rings. The van der Waals surface area contributed by atoms with Crippen LogP contribution in [0.5, 0.6) is 0 Å². The molecule has 0 amide bonds. The molecule has 26 heavy (non-hydrogen) atoms. The molecule has 150 valence electrons. The highest BCUT2D eigenvalue weighted by Gasteiger charge is 2.47. The molecule has 0 radical (unpaired) electrons. The molecule has 0 aromatic heterocycles. The van der Waals surface area contributed by atoms with E-state index in [2.05, 4.69) is 23.9 Å². The van der Waals surface area contributed by atoms with Crippen molar-refractivity contribution in [2.45, 2.75) is 113 Å². The Morgan fingerprint density at radius 2 is 0.846 bits per heavy atom. The van der Waals surface area contributed by atoms with Gasteiger partial charge in [0.25, 0.3) is 0 Å². The minimum Gasteiger partial charge on any atom is -0.267 e. The van der Waals surface area contributed by atoms with Gasteiger partial charge in [0.1, 0.15) is 0 Å². The Morgan fingerprint density at radius 1 is 0.538 bits per heavy atom. The lowest BCUT2D eigenvalue weighted by molar-refractivity contribution is 0.454. The normalized spacial score (nSPS) is 29.5. The van der Waals surface area contributed by atoms with Crippen LogP contribution in [0.2, 0.25) is 0 Å². The molecule has 0 N–H and O–H groups in total. The molecular weight excluding hydrogens is 335 g/mol. The number of hydrogen-bond donors (Lipinski definition) is 0. The van der Waals surface area contributed by atoms with E-state index < -0.39 is 6.89 Å². The summed E-state index contributed by atoms with van der Waals surface area (Å²) in [5, 5.41) is 0. The predicted molar refractivity (Wildman–Crippen MR) is 118 cm³/mol. The molecule has 2 nitrogen and oxygen atoms in total. The highest BCUT2D eigenvalue weighted by Crippen LogP contribution is 2.71. The maximum atomic E-state index is 2.76. The molecule has 1 saturated heterocycles. The maximum Gasteiger partial charge on any atom is 0.0589 e. The van der Waals surface area contributed by atoms with E-state index in [0.29, 0.717) is 0 Å². The van der Waals surface area contributed by atoms with Gasteiger partial charge in [-0.15, -0.1) is 0 Å². The summed E-state index contributed by atoms with van der Waals surface area (Å²) in [4.78, 5) is 5.51. The summed E-state index contributed by atoms with van der Waals surface area (Å²) >= 11 is 0. The zero-order valence-corrected chi connectivity index (χ0v) is 18.5. The first-order valence-electron chi connectivity index (χ1n) is 11.9. The van der Waals surface area contributed by atoms with Crippen LogP contribution in [0.15, 0.2) is 0 Å². The topological polar surface area (TPSA) is 6.48 Å². The van der Waals surface area contributed by atoms with E-state index in [9.17, 15) is 0 Å². The molecule has 0 unspecified atom stereocenters. The lowest BCUT2D eigenvalue weighted by atomic mass is 9.99. The highest BCUT2D eigenvalue weighted by molar-refractivity contribution is 7.78. The Kier molecular flexibility index (Phi) is 6.54. The van der Waals surface area contributed by atoms with E-state index in [1.807, 2.05) is 5.54 Å². The first-order valence-corrected chi connectivity index (χ1v) is 13.9. The molecule has 4 aliphatic rings. The zero-order chi connectivity index (χ0) is 18.0. The molecule has 1 aliphatic heterocycles. The van der Waals surface area contributed by atoms with Crippen LogP contribution in [0.3, 0.4) is 0 Å².